The Bertz CT molecular complexity index is 771. The van der Waals surface area contributed by atoms with Crippen molar-refractivity contribution in [2.45, 2.75) is 12.6 Å². The quantitative estimate of drug-likeness (QED) is 0.726. The molecule has 2 aromatic heterocycles. The van der Waals surface area contributed by atoms with Crippen molar-refractivity contribution in [3.8, 4) is 5.75 Å². The smallest absolute Gasteiger partial charge is 0.195 e. The van der Waals surface area contributed by atoms with Gasteiger partial charge in [-0.25, -0.2) is 4.98 Å². The molecule has 3 aromatic rings. The number of imidazole rings is 1. The fourth-order valence-corrected chi connectivity index (χ4v) is 3.28. The first-order valence-corrected chi connectivity index (χ1v) is 8.07. The van der Waals surface area contributed by atoms with Crippen LogP contribution in [0.3, 0.4) is 0 Å². The first-order chi connectivity index (χ1) is 10.7. The molecular weight excluding hydrogens is 322 g/mol. The minimum absolute atomic E-state index is 0.418. The van der Waals surface area contributed by atoms with Crippen molar-refractivity contribution < 1.29 is 9.84 Å². The second-order valence-corrected chi connectivity index (χ2v) is 6.06. The molecule has 116 valence electrons. The van der Waals surface area contributed by atoms with Crippen LogP contribution in [-0.4, -0.2) is 28.1 Å². The highest BCUT2D eigenvalue weighted by Gasteiger charge is 2.12. The lowest BCUT2D eigenvalue weighted by Crippen LogP contribution is -2.21. The zero-order valence-electron chi connectivity index (χ0n) is 12.0. The van der Waals surface area contributed by atoms with E-state index in [1.807, 2.05) is 40.2 Å². The second-order valence-electron chi connectivity index (χ2n) is 4.83. The van der Waals surface area contributed by atoms with E-state index in [1.165, 1.54) is 11.3 Å². The van der Waals surface area contributed by atoms with Crippen molar-refractivity contribution in [1.29, 1.82) is 0 Å². The van der Waals surface area contributed by atoms with E-state index in [0.29, 0.717) is 18.2 Å². The number of aliphatic hydroxyl groups is 1. The Balaban J connectivity index is 1.62. The fourth-order valence-electron chi connectivity index (χ4n) is 2.26. The van der Waals surface area contributed by atoms with Crippen LogP contribution in [0, 0.1) is 0 Å². The molecule has 7 heteroatoms. The number of benzene rings is 1. The van der Waals surface area contributed by atoms with E-state index in [9.17, 15) is 5.11 Å². The molecule has 1 aromatic carbocycles. The summed E-state index contributed by atoms with van der Waals surface area (Å²) in [5, 5.41) is 15.9. The Labute approximate surface area is 137 Å². The summed E-state index contributed by atoms with van der Waals surface area (Å²) in [6.07, 6.45) is 1.33. The Morgan fingerprint density at radius 1 is 1.50 bits per heavy atom. The average Bonchev–Trinajstić information content (AvgIpc) is 3.09. The molecule has 0 fully saturated rings. The highest BCUT2D eigenvalue weighted by Crippen LogP contribution is 2.22. The van der Waals surface area contributed by atoms with Crippen molar-refractivity contribution in [3.63, 3.8) is 0 Å². The number of fused-ring (bicyclic) bond motifs is 1. The molecule has 1 unspecified atom stereocenters. The van der Waals surface area contributed by atoms with Crippen LogP contribution in [-0.2, 0) is 6.54 Å². The van der Waals surface area contributed by atoms with E-state index in [1.54, 1.807) is 7.11 Å². The van der Waals surface area contributed by atoms with Gasteiger partial charge in [0.05, 0.1) is 18.9 Å². The molecule has 2 N–H and O–H groups in total. The van der Waals surface area contributed by atoms with E-state index in [4.69, 9.17) is 16.3 Å². The lowest BCUT2D eigenvalue weighted by molar-refractivity contribution is 0.174. The summed E-state index contributed by atoms with van der Waals surface area (Å²) in [7, 11) is 1.61. The van der Waals surface area contributed by atoms with Crippen LogP contribution >= 0.6 is 22.9 Å². The summed E-state index contributed by atoms with van der Waals surface area (Å²) in [6.45, 7) is 0.957. The number of aromatic nitrogens is 2. The lowest BCUT2D eigenvalue weighted by Gasteiger charge is -2.13. The van der Waals surface area contributed by atoms with E-state index < -0.39 is 6.10 Å². The van der Waals surface area contributed by atoms with Gasteiger partial charge in [-0.1, -0.05) is 23.7 Å². The molecule has 0 spiro atoms. The second kappa shape index (κ2) is 6.66. The number of methoxy groups -OCH3 is 1. The van der Waals surface area contributed by atoms with Gasteiger partial charge in [-0.2, -0.15) is 0 Å². The molecule has 0 aliphatic rings. The van der Waals surface area contributed by atoms with Crippen LogP contribution in [0.15, 0.2) is 35.8 Å². The predicted octanol–water partition coefficient (Wildman–Crippen LogP) is 2.88. The van der Waals surface area contributed by atoms with E-state index in [2.05, 4.69) is 10.3 Å². The first kappa shape index (κ1) is 15.3. The molecule has 2 heterocycles. The maximum atomic E-state index is 10.2. The SMILES string of the molecule is COc1cccc(C(O)CNCc2c(Cl)nc3sccn23)c1. The molecule has 0 saturated heterocycles. The fraction of sp³-hybridized carbons (Fsp3) is 0.267. The number of hydrogen-bond acceptors (Lipinski definition) is 5. The number of thiazole rings is 1. The van der Waals surface area contributed by atoms with E-state index in [0.717, 1.165) is 22.0 Å². The molecule has 0 saturated carbocycles. The Kier molecular flexibility index (Phi) is 4.63. The van der Waals surface area contributed by atoms with Gasteiger partial charge in [0.15, 0.2) is 10.1 Å². The van der Waals surface area contributed by atoms with Crippen molar-refractivity contribution in [3.05, 3.63) is 52.3 Å². The van der Waals surface area contributed by atoms with Gasteiger partial charge in [0.2, 0.25) is 0 Å². The zero-order chi connectivity index (χ0) is 15.5. The Hall–Kier alpha value is -1.60. The summed E-state index contributed by atoms with van der Waals surface area (Å²) >= 11 is 7.68. The van der Waals surface area contributed by atoms with Crippen LogP contribution in [0.2, 0.25) is 5.15 Å². The van der Waals surface area contributed by atoms with Crippen LogP contribution in [0.5, 0.6) is 5.75 Å². The molecule has 22 heavy (non-hydrogen) atoms. The summed E-state index contributed by atoms with van der Waals surface area (Å²) in [5.41, 5.74) is 1.71. The largest absolute Gasteiger partial charge is 0.497 e. The van der Waals surface area contributed by atoms with Crippen molar-refractivity contribution in [2.75, 3.05) is 13.7 Å². The van der Waals surface area contributed by atoms with Gasteiger partial charge >= 0.3 is 0 Å². The Morgan fingerprint density at radius 3 is 3.18 bits per heavy atom. The molecule has 5 nitrogen and oxygen atoms in total. The van der Waals surface area contributed by atoms with Crippen molar-refractivity contribution in [1.82, 2.24) is 14.7 Å². The molecule has 0 amide bonds. The van der Waals surface area contributed by atoms with Gasteiger partial charge in [0.1, 0.15) is 5.75 Å². The van der Waals surface area contributed by atoms with Gasteiger partial charge in [0, 0.05) is 24.7 Å². The molecule has 0 aliphatic heterocycles. The number of aliphatic hydroxyl groups excluding tert-OH is 1. The highest BCUT2D eigenvalue weighted by atomic mass is 35.5. The third-order valence-corrected chi connectivity index (χ3v) is 4.48. The summed E-state index contributed by atoms with van der Waals surface area (Å²) in [5.74, 6) is 0.732. The molecule has 0 bridgehead atoms. The molecule has 0 aliphatic carbocycles. The average molecular weight is 338 g/mol. The minimum Gasteiger partial charge on any atom is -0.497 e. The maximum absolute atomic E-state index is 10.2. The Morgan fingerprint density at radius 2 is 2.36 bits per heavy atom. The van der Waals surface area contributed by atoms with E-state index >= 15 is 0 Å². The monoisotopic (exact) mass is 337 g/mol. The number of halogens is 1. The molecule has 1 atom stereocenters. The third-order valence-electron chi connectivity index (χ3n) is 3.42. The number of rotatable bonds is 6. The van der Waals surface area contributed by atoms with Crippen LogP contribution in [0.25, 0.3) is 4.96 Å². The molecule has 0 radical (unpaired) electrons. The standard InChI is InChI=1S/C15H16ClN3O2S/c1-21-11-4-2-3-10(7-11)13(20)9-17-8-12-14(16)18-15-19(12)5-6-22-15/h2-7,13,17,20H,8-9H2,1H3. The third kappa shape index (κ3) is 3.10. The van der Waals surface area contributed by atoms with Crippen LogP contribution < -0.4 is 10.1 Å². The van der Waals surface area contributed by atoms with Crippen molar-refractivity contribution in [2.24, 2.45) is 0 Å². The first-order valence-electron chi connectivity index (χ1n) is 6.81. The highest BCUT2D eigenvalue weighted by molar-refractivity contribution is 7.15. The van der Waals surface area contributed by atoms with Crippen molar-refractivity contribution >= 4 is 27.9 Å². The lowest BCUT2D eigenvalue weighted by atomic mass is 10.1. The van der Waals surface area contributed by atoms with Gasteiger partial charge in [-0.15, -0.1) is 11.3 Å². The van der Waals surface area contributed by atoms with Gasteiger partial charge in [0.25, 0.3) is 0 Å². The maximum Gasteiger partial charge on any atom is 0.195 e. The number of nitrogens with zero attached hydrogens (tertiary/aromatic N) is 2. The molecule has 3 rings (SSSR count). The number of nitrogens with one attached hydrogen (secondary N) is 1. The van der Waals surface area contributed by atoms with Gasteiger partial charge in [-0.3, -0.25) is 4.40 Å². The van der Waals surface area contributed by atoms with E-state index in [-0.39, 0.29) is 0 Å². The number of hydrogen-bond donors (Lipinski definition) is 2. The topological polar surface area (TPSA) is 58.8 Å². The normalized spacial score (nSPS) is 12.7. The predicted molar refractivity (Wildman–Crippen MR) is 87.7 cm³/mol. The number of ether oxygens (including phenoxy) is 1. The summed E-state index contributed by atoms with van der Waals surface area (Å²) in [6, 6.07) is 7.41. The summed E-state index contributed by atoms with van der Waals surface area (Å²) < 4.78 is 7.12. The van der Waals surface area contributed by atoms with Crippen LogP contribution in [0.1, 0.15) is 17.4 Å². The minimum atomic E-state index is -0.611. The molecular formula is C15H16ClN3O2S. The van der Waals surface area contributed by atoms with Gasteiger partial charge < -0.3 is 15.2 Å². The zero-order valence-corrected chi connectivity index (χ0v) is 13.6. The van der Waals surface area contributed by atoms with Crippen LogP contribution in [0.4, 0.5) is 0 Å². The summed E-state index contributed by atoms with van der Waals surface area (Å²) in [4.78, 5) is 5.15. The van der Waals surface area contributed by atoms with Gasteiger partial charge in [-0.05, 0) is 17.7 Å².